The highest BCUT2D eigenvalue weighted by atomic mass is 16.4. The quantitative estimate of drug-likeness (QED) is 0.445. The topological polar surface area (TPSA) is 108 Å². The van der Waals surface area contributed by atoms with Crippen molar-refractivity contribution >= 4 is 12.2 Å². The number of nitrogens with zero attached hydrogens (tertiary/aromatic N) is 1. The van der Waals surface area contributed by atoms with Gasteiger partial charge >= 0.3 is 5.97 Å². The summed E-state index contributed by atoms with van der Waals surface area (Å²) >= 11 is 0. The summed E-state index contributed by atoms with van der Waals surface area (Å²) in [5.41, 5.74) is 5.41. The molecule has 0 saturated heterocycles. The molecule has 0 aromatic rings. The number of carboxylic acids is 1. The molecule has 0 aromatic heterocycles. The lowest BCUT2D eigenvalue weighted by Gasteiger charge is -2.13. The number of hydrogen-bond donors (Lipinski definition) is 4. The largest absolute Gasteiger partial charge is 0.504 e. The third kappa shape index (κ3) is 1.78. The van der Waals surface area contributed by atoms with Crippen LogP contribution in [0.3, 0.4) is 0 Å². The van der Waals surface area contributed by atoms with Crippen molar-refractivity contribution in [2.75, 3.05) is 0 Å². The second-order valence-electron chi connectivity index (χ2n) is 2.48. The molecule has 0 fully saturated rings. The molecule has 0 saturated carbocycles. The number of allylic oxidation sites excluding steroid dienone is 2. The summed E-state index contributed by atoms with van der Waals surface area (Å²) in [7, 11) is 0. The Morgan fingerprint density at radius 2 is 2.31 bits per heavy atom. The Morgan fingerprint density at radius 3 is 2.77 bits per heavy atom. The zero-order valence-corrected chi connectivity index (χ0v) is 6.90. The van der Waals surface area contributed by atoms with Crippen molar-refractivity contribution in [2.24, 2.45) is 10.7 Å². The van der Waals surface area contributed by atoms with Crippen LogP contribution < -0.4 is 11.1 Å². The first-order valence-electron chi connectivity index (χ1n) is 3.46. The minimum Gasteiger partial charge on any atom is -0.504 e. The minimum absolute atomic E-state index is 0.232. The lowest BCUT2D eigenvalue weighted by Crippen LogP contribution is -2.26. The summed E-state index contributed by atoms with van der Waals surface area (Å²) in [5.74, 6) is -1.45. The van der Waals surface area contributed by atoms with E-state index in [0.29, 0.717) is 5.70 Å². The van der Waals surface area contributed by atoms with E-state index < -0.39 is 11.7 Å². The number of aliphatic hydroxyl groups is 1. The summed E-state index contributed by atoms with van der Waals surface area (Å²) in [6, 6.07) is 0. The predicted molar refractivity (Wildman–Crippen MR) is 45.8 cm³/mol. The van der Waals surface area contributed by atoms with Crippen LogP contribution in [-0.4, -0.2) is 22.4 Å². The zero-order chi connectivity index (χ0) is 10.0. The standard InChI is InChI=1S/C7H9N3O3/c1-3(8)6-9-2-4(11)5(10-6)7(12)13/h2,10-11H,8H2,1H3,(H,12,13)/b6-3-. The van der Waals surface area contributed by atoms with Gasteiger partial charge in [-0.3, -0.25) is 0 Å². The highest BCUT2D eigenvalue weighted by molar-refractivity contribution is 5.95. The first-order valence-corrected chi connectivity index (χ1v) is 3.46. The van der Waals surface area contributed by atoms with Gasteiger partial charge < -0.3 is 21.3 Å². The monoisotopic (exact) mass is 183 g/mol. The van der Waals surface area contributed by atoms with E-state index in [1.165, 1.54) is 0 Å². The first-order chi connectivity index (χ1) is 6.02. The molecule has 1 rings (SSSR count). The van der Waals surface area contributed by atoms with Crippen LogP contribution >= 0.6 is 0 Å². The number of nitrogens with one attached hydrogen (secondary N) is 1. The molecule has 1 heterocycles. The Hall–Kier alpha value is -1.98. The van der Waals surface area contributed by atoms with Crippen LogP contribution in [0.15, 0.2) is 28.0 Å². The Labute approximate surface area is 74.1 Å². The van der Waals surface area contributed by atoms with E-state index >= 15 is 0 Å². The van der Waals surface area contributed by atoms with Crippen LogP contribution in [0.25, 0.3) is 0 Å². The first kappa shape index (κ1) is 9.11. The molecule has 0 aromatic carbocycles. The number of aliphatic carboxylic acids is 1. The van der Waals surface area contributed by atoms with E-state index in [-0.39, 0.29) is 11.5 Å². The molecule has 0 atom stereocenters. The van der Waals surface area contributed by atoms with Crippen molar-refractivity contribution in [1.82, 2.24) is 5.32 Å². The molecule has 5 N–H and O–H groups in total. The van der Waals surface area contributed by atoms with Crippen molar-refractivity contribution in [1.29, 1.82) is 0 Å². The minimum atomic E-state index is -1.26. The van der Waals surface area contributed by atoms with Gasteiger partial charge in [0.25, 0.3) is 0 Å². The van der Waals surface area contributed by atoms with Crippen molar-refractivity contribution in [3.05, 3.63) is 23.0 Å². The van der Waals surface area contributed by atoms with E-state index in [1.807, 2.05) is 0 Å². The molecular formula is C7H9N3O3. The molecule has 0 bridgehead atoms. The van der Waals surface area contributed by atoms with E-state index in [1.54, 1.807) is 6.92 Å². The normalized spacial score (nSPS) is 19.8. The van der Waals surface area contributed by atoms with Gasteiger partial charge in [0, 0.05) is 5.70 Å². The molecule has 6 nitrogen and oxygen atoms in total. The lowest BCUT2D eigenvalue weighted by atomic mass is 10.3. The van der Waals surface area contributed by atoms with Gasteiger partial charge in [0.05, 0.1) is 6.21 Å². The number of hydrogen-bond acceptors (Lipinski definition) is 5. The van der Waals surface area contributed by atoms with Crippen LogP contribution in [-0.2, 0) is 4.79 Å². The van der Waals surface area contributed by atoms with Gasteiger partial charge in [-0.15, -0.1) is 0 Å². The smallest absolute Gasteiger partial charge is 0.356 e. The van der Waals surface area contributed by atoms with Crippen LogP contribution in [0.4, 0.5) is 0 Å². The second kappa shape index (κ2) is 3.18. The van der Waals surface area contributed by atoms with Crippen molar-refractivity contribution in [3.63, 3.8) is 0 Å². The van der Waals surface area contributed by atoms with Gasteiger partial charge in [0.2, 0.25) is 0 Å². The zero-order valence-electron chi connectivity index (χ0n) is 6.90. The molecule has 1 aliphatic rings. The van der Waals surface area contributed by atoms with Crippen LogP contribution in [0.2, 0.25) is 0 Å². The number of carbonyl (C=O) groups is 1. The molecule has 6 heteroatoms. The Balaban J connectivity index is 3.04. The van der Waals surface area contributed by atoms with E-state index in [4.69, 9.17) is 15.9 Å². The van der Waals surface area contributed by atoms with E-state index in [0.717, 1.165) is 6.21 Å². The Bertz CT molecular complexity index is 337. The van der Waals surface area contributed by atoms with Crippen molar-refractivity contribution < 1.29 is 15.0 Å². The number of aliphatic hydroxyl groups excluding tert-OH is 1. The van der Waals surface area contributed by atoms with Gasteiger partial charge in [0.15, 0.2) is 11.5 Å². The highest BCUT2D eigenvalue weighted by Crippen LogP contribution is 2.08. The van der Waals surface area contributed by atoms with Gasteiger partial charge in [-0.05, 0) is 6.92 Å². The maximum absolute atomic E-state index is 10.5. The van der Waals surface area contributed by atoms with Crippen LogP contribution in [0.5, 0.6) is 0 Å². The molecule has 1 aliphatic heterocycles. The third-order valence-electron chi connectivity index (χ3n) is 1.40. The number of rotatable bonds is 1. The maximum atomic E-state index is 10.5. The predicted octanol–water partition coefficient (Wildman–Crippen LogP) is -0.338. The summed E-state index contributed by atoms with van der Waals surface area (Å²) in [5, 5.41) is 20.1. The summed E-state index contributed by atoms with van der Waals surface area (Å²) in [6.07, 6.45) is 1.03. The van der Waals surface area contributed by atoms with E-state index in [2.05, 4.69) is 10.3 Å². The van der Waals surface area contributed by atoms with Crippen LogP contribution in [0.1, 0.15) is 6.92 Å². The fourth-order valence-corrected chi connectivity index (χ4v) is 0.768. The van der Waals surface area contributed by atoms with Gasteiger partial charge in [-0.25, -0.2) is 9.79 Å². The van der Waals surface area contributed by atoms with E-state index in [9.17, 15) is 4.79 Å². The maximum Gasteiger partial charge on any atom is 0.356 e. The highest BCUT2D eigenvalue weighted by Gasteiger charge is 2.18. The third-order valence-corrected chi connectivity index (χ3v) is 1.40. The number of nitrogens with two attached hydrogens (primary N) is 1. The van der Waals surface area contributed by atoms with Crippen LogP contribution in [0, 0.1) is 0 Å². The van der Waals surface area contributed by atoms with Gasteiger partial charge in [-0.2, -0.15) is 0 Å². The number of aliphatic imine (C=N–C) groups is 1. The fourth-order valence-electron chi connectivity index (χ4n) is 0.768. The molecule has 0 spiro atoms. The van der Waals surface area contributed by atoms with Crippen molar-refractivity contribution in [2.45, 2.75) is 6.92 Å². The Kier molecular flexibility index (Phi) is 2.23. The second-order valence-corrected chi connectivity index (χ2v) is 2.48. The fraction of sp³-hybridized carbons (Fsp3) is 0.143. The summed E-state index contributed by atoms with van der Waals surface area (Å²) in [4.78, 5) is 14.2. The lowest BCUT2D eigenvalue weighted by molar-refractivity contribution is -0.133. The molecular weight excluding hydrogens is 174 g/mol. The molecule has 0 unspecified atom stereocenters. The summed E-state index contributed by atoms with van der Waals surface area (Å²) in [6.45, 7) is 1.57. The van der Waals surface area contributed by atoms with Gasteiger partial charge in [0.1, 0.15) is 5.82 Å². The molecule has 13 heavy (non-hydrogen) atoms. The molecule has 0 amide bonds. The number of carboxylic acid groups (broad SMARTS) is 1. The molecule has 70 valence electrons. The molecule has 0 aliphatic carbocycles. The average Bonchev–Trinajstić information content (AvgIpc) is 2.04. The molecule has 0 radical (unpaired) electrons. The SMILES string of the molecule is C/C(N)=C1\N=CC(O)=C(C(=O)O)N1. The Morgan fingerprint density at radius 1 is 1.69 bits per heavy atom. The van der Waals surface area contributed by atoms with Gasteiger partial charge in [-0.1, -0.05) is 0 Å². The van der Waals surface area contributed by atoms with Crippen molar-refractivity contribution in [3.8, 4) is 0 Å². The average molecular weight is 183 g/mol. The summed E-state index contributed by atoms with van der Waals surface area (Å²) < 4.78 is 0.